The molecule has 0 bridgehead atoms. The lowest BCUT2D eigenvalue weighted by molar-refractivity contribution is -0.119. The Labute approximate surface area is 137 Å². The lowest BCUT2D eigenvalue weighted by Crippen LogP contribution is -2.53. The number of likely N-dealkylation sites (tertiary alicyclic amines) is 1. The van der Waals surface area contributed by atoms with Crippen LogP contribution in [0.5, 0.6) is 0 Å². The molecule has 0 aromatic rings. The first-order valence-corrected chi connectivity index (χ1v) is 9.99. The Hall–Kier alpha value is -1.19. The average Bonchev–Trinajstić information content (AvgIpc) is 2.81. The van der Waals surface area contributed by atoms with Gasteiger partial charge < -0.3 is 10.6 Å². The smallest absolute Gasteiger partial charge is 0.321 e. The summed E-state index contributed by atoms with van der Waals surface area (Å²) >= 11 is 0. The summed E-state index contributed by atoms with van der Waals surface area (Å²) in [4.78, 5) is 25.2. The molecule has 9 heteroatoms. The fourth-order valence-electron chi connectivity index (χ4n) is 3.23. The number of carbonyl (C=O) groups excluding carboxylic acids is 2. The van der Waals surface area contributed by atoms with Gasteiger partial charge in [-0.15, -0.1) is 0 Å². The molecule has 132 valence electrons. The van der Waals surface area contributed by atoms with Gasteiger partial charge in [0.25, 0.3) is 0 Å². The Morgan fingerprint density at radius 3 is 2.48 bits per heavy atom. The number of rotatable bonds is 5. The monoisotopic (exact) mass is 346 g/mol. The van der Waals surface area contributed by atoms with E-state index in [1.54, 1.807) is 6.92 Å². The number of urea groups is 1. The van der Waals surface area contributed by atoms with Gasteiger partial charge in [0.2, 0.25) is 5.91 Å². The molecule has 3 N–H and O–H groups in total. The summed E-state index contributed by atoms with van der Waals surface area (Å²) in [7, 11) is -3.09. The minimum absolute atomic E-state index is 0.0442. The Morgan fingerprint density at radius 2 is 1.83 bits per heavy atom. The zero-order valence-electron chi connectivity index (χ0n) is 13.5. The van der Waals surface area contributed by atoms with E-state index >= 15 is 0 Å². The molecule has 2 rings (SSSR count). The summed E-state index contributed by atoms with van der Waals surface area (Å²) in [5.41, 5.74) is 0. The van der Waals surface area contributed by atoms with Crippen LogP contribution in [-0.4, -0.2) is 75.0 Å². The lowest BCUT2D eigenvalue weighted by atomic mass is 10.1. The van der Waals surface area contributed by atoms with E-state index in [2.05, 4.69) is 20.9 Å². The number of sulfone groups is 1. The molecule has 0 unspecified atom stereocenters. The van der Waals surface area contributed by atoms with Crippen LogP contribution in [0.15, 0.2) is 0 Å². The van der Waals surface area contributed by atoms with Crippen LogP contribution < -0.4 is 16.0 Å². The van der Waals surface area contributed by atoms with Crippen molar-refractivity contribution in [3.05, 3.63) is 0 Å². The average molecular weight is 346 g/mol. The third-order valence-corrected chi connectivity index (χ3v) is 6.01. The molecule has 2 heterocycles. The van der Waals surface area contributed by atoms with Gasteiger partial charge in [-0.2, -0.15) is 0 Å². The molecule has 2 fully saturated rings. The molecule has 0 radical (unpaired) electrons. The summed E-state index contributed by atoms with van der Waals surface area (Å²) in [6, 6.07) is -0.887. The van der Waals surface area contributed by atoms with E-state index in [0.717, 1.165) is 25.9 Å². The van der Waals surface area contributed by atoms with Crippen molar-refractivity contribution in [2.24, 2.45) is 0 Å². The molecule has 2 aliphatic heterocycles. The molecule has 2 atom stereocenters. The van der Waals surface area contributed by atoms with E-state index in [-0.39, 0.29) is 30.1 Å². The van der Waals surface area contributed by atoms with Gasteiger partial charge in [0, 0.05) is 18.6 Å². The maximum Gasteiger partial charge on any atom is 0.321 e. The number of nitrogens with one attached hydrogen (secondary N) is 3. The molecular formula is C14H26N4O4S. The van der Waals surface area contributed by atoms with Crippen LogP contribution in [-0.2, 0) is 14.6 Å². The molecule has 23 heavy (non-hydrogen) atoms. The van der Waals surface area contributed by atoms with E-state index in [0.29, 0.717) is 6.54 Å². The Balaban J connectivity index is 1.88. The zero-order chi connectivity index (χ0) is 16.9. The topological polar surface area (TPSA) is 108 Å². The van der Waals surface area contributed by atoms with E-state index in [4.69, 9.17) is 0 Å². The van der Waals surface area contributed by atoms with Crippen molar-refractivity contribution in [1.29, 1.82) is 0 Å². The second kappa shape index (κ2) is 8.07. The number of hydrogen-bond donors (Lipinski definition) is 3. The molecule has 0 aromatic heterocycles. The first kappa shape index (κ1) is 18.2. The number of piperidine rings is 1. The first-order chi connectivity index (χ1) is 10.9. The number of carbonyl (C=O) groups is 2. The second-order valence-corrected chi connectivity index (χ2v) is 8.29. The molecule has 0 spiro atoms. The maximum absolute atomic E-state index is 12.0. The van der Waals surface area contributed by atoms with Gasteiger partial charge in [-0.1, -0.05) is 6.42 Å². The van der Waals surface area contributed by atoms with E-state index in [1.807, 2.05) is 0 Å². The van der Waals surface area contributed by atoms with E-state index < -0.39 is 21.8 Å². The highest BCUT2D eigenvalue weighted by Gasteiger charge is 2.41. The molecular weight excluding hydrogens is 320 g/mol. The van der Waals surface area contributed by atoms with Crippen molar-refractivity contribution in [2.45, 2.75) is 38.3 Å². The van der Waals surface area contributed by atoms with Gasteiger partial charge in [-0.25, -0.2) is 13.2 Å². The summed E-state index contributed by atoms with van der Waals surface area (Å²) < 4.78 is 23.9. The predicted molar refractivity (Wildman–Crippen MR) is 86.9 cm³/mol. The first-order valence-electron chi connectivity index (χ1n) is 8.17. The van der Waals surface area contributed by atoms with Crippen LogP contribution in [0.25, 0.3) is 0 Å². The largest absolute Gasteiger partial charge is 0.338 e. The van der Waals surface area contributed by atoms with Crippen molar-refractivity contribution in [3.63, 3.8) is 0 Å². The van der Waals surface area contributed by atoms with Crippen LogP contribution in [0.3, 0.4) is 0 Å². The number of imide groups is 1. The van der Waals surface area contributed by atoms with Gasteiger partial charge >= 0.3 is 6.03 Å². The molecule has 0 aliphatic carbocycles. The fraction of sp³-hybridized carbons (Fsp3) is 0.857. The van der Waals surface area contributed by atoms with Gasteiger partial charge in [-0.05, 0) is 32.9 Å². The quantitative estimate of drug-likeness (QED) is 0.594. The molecule has 2 aliphatic rings. The van der Waals surface area contributed by atoms with Crippen LogP contribution in [0.2, 0.25) is 0 Å². The second-order valence-electron chi connectivity index (χ2n) is 6.14. The highest BCUT2D eigenvalue weighted by Crippen LogP contribution is 2.22. The van der Waals surface area contributed by atoms with Gasteiger partial charge in [-0.3, -0.25) is 15.0 Å². The van der Waals surface area contributed by atoms with Crippen molar-refractivity contribution in [2.75, 3.05) is 37.7 Å². The summed E-state index contributed by atoms with van der Waals surface area (Å²) in [5, 5.41) is 7.70. The van der Waals surface area contributed by atoms with E-state index in [1.165, 1.54) is 6.42 Å². The summed E-state index contributed by atoms with van der Waals surface area (Å²) in [5.74, 6) is -0.275. The summed E-state index contributed by atoms with van der Waals surface area (Å²) in [6.45, 7) is 3.94. The molecule has 0 saturated carbocycles. The third-order valence-electron chi connectivity index (χ3n) is 4.30. The van der Waals surface area contributed by atoms with Crippen LogP contribution in [0, 0.1) is 0 Å². The number of nitrogens with zero attached hydrogens (tertiary/aromatic N) is 1. The number of hydrogen-bond acceptors (Lipinski definition) is 6. The minimum Gasteiger partial charge on any atom is -0.338 e. The minimum atomic E-state index is -3.09. The maximum atomic E-state index is 12.0. The lowest BCUT2D eigenvalue weighted by Gasteiger charge is -2.35. The molecule has 3 amide bonds. The van der Waals surface area contributed by atoms with Gasteiger partial charge in [0.05, 0.1) is 18.1 Å². The third kappa shape index (κ3) is 5.43. The molecule has 2 saturated heterocycles. The molecule has 8 nitrogen and oxygen atoms in total. The van der Waals surface area contributed by atoms with Crippen LogP contribution >= 0.6 is 0 Å². The van der Waals surface area contributed by atoms with Crippen LogP contribution in [0.4, 0.5) is 4.79 Å². The Morgan fingerprint density at radius 1 is 1.13 bits per heavy atom. The Kier molecular flexibility index (Phi) is 6.37. The number of amides is 3. The van der Waals surface area contributed by atoms with Gasteiger partial charge in [0.15, 0.2) is 9.84 Å². The fourth-order valence-corrected chi connectivity index (χ4v) is 5.22. The normalized spacial score (nSPS) is 27.5. The highest BCUT2D eigenvalue weighted by molar-refractivity contribution is 7.91. The SMILES string of the molecule is CCNC(=O)NC(=O)CN[C@H]1CS(=O)(=O)C[C@@H]1N1CCCCC1. The van der Waals surface area contributed by atoms with Crippen molar-refractivity contribution >= 4 is 21.8 Å². The zero-order valence-corrected chi connectivity index (χ0v) is 14.3. The summed E-state index contributed by atoms with van der Waals surface area (Å²) in [6.07, 6.45) is 3.35. The van der Waals surface area contributed by atoms with Crippen molar-refractivity contribution in [1.82, 2.24) is 20.9 Å². The van der Waals surface area contributed by atoms with Crippen molar-refractivity contribution in [3.8, 4) is 0 Å². The van der Waals surface area contributed by atoms with Crippen molar-refractivity contribution < 1.29 is 18.0 Å². The Bertz CT molecular complexity index is 531. The highest BCUT2D eigenvalue weighted by atomic mass is 32.2. The molecule has 0 aromatic carbocycles. The van der Waals surface area contributed by atoms with Crippen LogP contribution in [0.1, 0.15) is 26.2 Å². The standard InChI is InChI=1S/C14H26N4O4S/c1-2-15-14(20)17-13(19)8-16-11-9-23(21,22)10-12(11)18-6-4-3-5-7-18/h11-12,16H,2-10H2,1H3,(H2,15,17,19,20)/t11-,12-/m0/s1. The van der Waals surface area contributed by atoms with Gasteiger partial charge in [0.1, 0.15) is 0 Å². The van der Waals surface area contributed by atoms with E-state index in [9.17, 15) is 18.0 Å². The predicted octanol–water partition coefficient (Wildman–Crippen LogP) is -0.927.